The van der Waals surface area contributed by atoms with Crippen LogP contribution >= 0.6 is 11.6 Å². The minimum atomic E-state index is -4.71. The van der Waals surface area contributed by atoms with E-state index < -0.39 is 29.4 Å². The van der Waals surface area contributed by atoms with E-state index in [2.05, 4.69) is 16.0 Å². The van der Waals surface area contributed by atoms with Gasteiger partial charge in [-0.15, -0.1) is 0 Å². The molecule has 0 spiro atoms. The average Bonchev–Trinajstić information content (AvgIpc) is 2.60. The second-order valence-electron chi connectivity index (χ2n) is 5.62. The molecule has 0 radical (unpaired) electrons. The highest BCUT2D eigenvalue weighted by molar-refractivity contribution is 6.30. The molecule has 3 amide bonds. The molecule has 28 heavy (non-hydrogen) atoms. The molecule has 0 atom stereocenters. The lowest BCUT2D eigenvalue weighted by Crippen LogP contribution is -2.32. The van der Waals surface area contributed by atoms with Crippen LogP contribution in [0.5, 0.6) is 5.75 Å². The molecule has 0 aliphatic heterocycles. The number of urea groups is 1. The third-order valence-electron chi connectivity index (χ3n) is 3.36. The molecule has 0 saturated carbocycles. The zero-order chi connectivity index (χ0) is 20.7. The summed E-state index contributed by atoms with van der Waals surface area (Å²) < 4.78 is 45.0. The molecule has 6 nitrogen and oxygen atoms in total. The van der Waals surface area contributed by atoms with Gasteiger partial charge in [0.2, 0.25) is 5.91 Å². The minimum Gasteiger partial charge on any atom is -0.492 e. The van der Waals surface area contributed by atoms with Crippen LogP contribution in [0, 0.1) is 0 Å². The third-order valence-corrected chi connectivity index (χ3v) is 3.62. The van der Waals surface area contributed by atoms with Crippen LogP contribution in [-0.4, -0.2) is 25.1 Å². The summed E-state index contributed by atoms with van der Waals surface area (Å²) in [5.74, 6) is 0.0341. The number of hydrogen-bond donors (Lipinski definition) is 3. The second-order valence-corrected chi connectivity index (χ2v) is 6.06. The predicted molar refractivity (Wildman–Crippen MR) is 99.7 cm³/mol. The Bertz CT molecular complexity index is 842. The van der Waals surface area contributed by atoms with E-state index >= 15 is 0 Å². The van der Waals surface area contributed by atoms with E-state index in [-0.39, 0.29) is 18.8 Å². The van der Waals surface area contributed by atoms with Crippen LogP contribution < -0.4 is 20.7 Å². The number of alkyl halides is 3. The predicted octanol–water partition coefficient (Wildman–Crippen LogP) is 4.52. The maximum absolute atomic E-state index is 13.2. The molecular weight excluding hydrogens is 399 g/mol. The summed E-state index contributed by atoms with van der Waals surface area (Å²) in [7, 11) is 0. The first kappa shape index (κ1) is 21.4. The van der Waals surface area contributed by atoms with Crippen LogP contribution in [0.1, 0.15) is 12.5 Å². The van der Waals surface area contributed by atoms with Gasteiger partial charge in [-0.25, -0.2) is 4.79 Å². The van der Waals surface area contributed by atoms with Gasteiger partial charge in [0, 0.05) is 17.6 Å². The number of ether oxygens (including phenoxy) is 1. The molecule has 2 aromatic carbocycles. The van der Waals surface area contributed by atoms with Crippen molar-refractivity contribution in [3.8, 4) is 5.75 Å². The molecule has 10 heteroatoms. The van der Waals surface area contributed by atoms with Crippen LogP contribution in [0.15, 0.2) is 42.5 Å². The number of amides is 3. The summed E-state index contributed by atoms with van der Waals surface area (Å²) in [6.45, 7) is 1.36. The molecule has 2 rings (SSSR count). The number of carbonyl (C=O) groups is 2. The van der Waals surface area contributed by atoms with E-state index in [1.807, 2.05) is 0 Å². The van der Waals surface area contributed by atoms with Crippen LogP contribution in [0.3, 0.4) is 0 Å². The van der Waals surface area contributed by atoms with Gasteiger partial charge in [0.15, 0.2) is 0 Å². The summed E-state index contributed by atoms with van der Waals surface area (Å²) in [6, 6.07) is 8.83. The van der Waals surface area contributed by atoms with Crippen molar-refractivity contribution in [2.24, 2.45) is 0 Å². The zero-order valence-corrected chi connectivity index (χ0v) is 15.4. The van der Waals surface area contributed by atoms with Crippen LogP contribution in [0.25, 0.3) is 0 Å². The van der Waals surface area contributed by atoms with Gasteiger partial charge in [-0.3, -0.25) is 4.79 Å². The van der Waals surface area contributed by atoms with Crippen molar-refractivity contribution in [1.82, 2.24) is 5.32 Å². The molecule has 0 aliphatic rings. The van der Waals surface area contributed by atoms with Gasteiger partial charge >= 0.3 is 12.2 Å². The van der Waals surface area contributed by atoms with Crippen molar-refractivity contribution < 1.29 is 27.5 Å². The van der Waals surface area contributed by atoms with E-state index in [4.69, 9.17) is 16.3 Å². The molecule has 0 aliphatic carbocycles. The van der Waals surface area contributed by atoms with E-state index in [1.165, 1.54) is 13.0 Å². The summed E-state index contributed by atoms with van der Waals surface area (Å²) in [6.07, 6.45) is -4.71. The van der Waals surface area contributed by atoms with E-state index in [0.29, 0.717) is 10.8 Å². The molecule has 0 unspecified atom stereocenters. The monoisotopic (exact) mass is 415 g/mol. The fraction of sp³-hybridized carbons (Fsp3) is 0.222. The quantitative estimate of drug-likeness (QED) is 0.607. The number of hydrogen-bond acceptors (Lipinski definition) is 3. The first-order chi connectivity index (χ1) is 13.1. The Kier molecular flexibility index (Phi) is 7.11. The maximum Gasteiger partial charge on any atom is 0.418 e. The Hall–Kier alpha value is -2.94. The van der Waals surface area contributed by atoms with Crippen molar-refractivity contribution in [2.45, 2.75) is 13.1 Å². The highest BCUT2D eigenvalue weighted by Gasteiger charge is 2.34. The number of benzene rings is 2. The molecule has 0 aromatic heterocycles. The Labute approximate surface area is 164 Å². The van der Waals surface area contributed by atoms with Crippen molar-refractivity contribution in [1.29, 1.82) is 0 Å². The summed E-state index contributed by atoms with van der Waals surface area (Å²) in [5.41, 5.74) is -1.54. The van der Waals surface area contributed by atoms with E-state index in [0.717, 1.165) is 12.1 Å². The molecule has 0 fully saturated rings. The Morgan fingerprint density at radius 3 is 2.36 bits per heavy atom. The number of anilines is 2. The number of nitrogens with one attached hydrogen (secondary N) is 3. The average molecular weight is 416 g/mol. The smallest absolute Gasteiger partial charge is 0.418 e. The van der Waals surface area contributed by atoms with Gasteiger partial charge in [-0.1, -0.05) is 11.6 Å². The second kappa shape index (κ2) is 9.32. The van der Waals surface area contributed by atoms with Gasteiger partial charge in [0.05, 0.1) is 17.8 Å². The molecule has 0 saturated heterocycles. The lowest BCUT2D eigenvalue weighted by Gasteiger charge is -2.16. The van der Waals surface area contributed by atoms with Gasteiger partial charge < -0.3 is 20.7 Å². The van der Waals surface area contributed by atoms with Crippen molar-refractivity contribution in [2.75, 3.05) is 23.8 Å². The fourth-order valence-electron chi connectivity index (χ4n) is 2.20. The molecule has 0 heterocycles. The fourth-order valence-corrected chi connectivity index (χ4v) is 2.33. The van der Waals surface area contributed by atoms with Crippen LogP contribution in [0.4, 0.5) is 29.3 Å². The molecular formula is C18H17ClF3N3O3. The third kappa shape index (κ3) is 6.66. The van der Waals surface area contributed by atoms with Gasteiger partial charge in [-0.05, 0) is 42.5 Å². The Balaban J connectivity index is 1.93. The lowest BCUT2D eigenvalue weighted by atomic mass is 10.1. The number of carbonyl (C=O) groups excluding carboxylic acids is 2. The first-order valence-corrected chi connectivity index (χ1v) is 8.45. The first-order valence-electron chi connectivity index (χ1n) is 8.07. The number of halogens is 4. The molecule has 0 bridgehead atoms. The standard InChI is InChI=1S/C18H17ClF3N3O3/c1-11(26)24-13-4-7-16(15(10-13)18(20,21)22)25-17(27)23-8-9-28-14-5-2-12(19)3-6-14/h2-7,10H,8-9H2,1H3,(H,24,26)(H2,23,25,27). The van der Waals surface area contributed by atoms with Crippen molar-refractivity contribution in [3.63, 3.8) is 0 Å². The normalized spacial score (nSPS) is 10.9. The van der Waals surface area contributed by atoms with Crippen molar-refractivity contribution in [3.05, 3.63) is 53.1 Å². The molecule has 150 valence electrons. The van der Waals surface area contributed by atoms with Gasteiger partial charge in [-0.2, -0.15) is 13.2 Å². The molecule has 3 N–H and O–H groups in total. The van der Waals surface area contributed by atoms with Crippen LogP contribution in [-0.2, 0) is 11.0 Å². The van der Waals surface area contributed by atoms with Crippen LogP contribution in [0.2, 0.25) is 5.02 Å². The minimum absolute atomic E-state index is 0.0258. The largest absolute Gasteiger partial charge is 0.492 e. The van der Waals surface area contributed by atoms with E-state index in [9.17, 15) is 22.8 Å². The summed E-state index contributed by atoms with van der Waals surface area (Å²) in [5, 5.41) is 7.37. The highest BCUT2D eigenvalue weighted by atomic mass is 35.5. The Morgan fingerprint density at radius 1 is 1.07 bits per heavy atom. The van der Waals surface area contributed by atoms with Crippen molar-refractivity contribution >= 4 is 34.9 Å². The van der Waals surface area contributed by atoms with Gasteiger partial charge in [0.1, 0.15) is 12.4 Å². The lowest BCUT2D eigenvalue weighted by molar-refractivity contribution is -0.137. The SMILES string of the molecule is CC(=O)Nc1ccc(NC(=O)NCCOc2ccc(Cl)cc2)c(C(F)(F)F)c1. The Morgan fingerprint density at radius 2 is 1.75 bits per heavy atom. The highest BCUT2D eigenvalue weighted by Crippen LogP contribution is 2.36. The summed E-state index contributed by atoms with van der Waals surface area (Å²) >= 11 is 5.75. The maximum atomic E-state index is 13.2. The molecule has 2 aromatic rings. The summed E-state index contributed by atoms with van der Waals surface area (Å²) in [4.78, 5) is 22.9. The number of rotatable bonds is 6. The van der Waals surface area contributed by atoms with E-state index in [1.54, 1.807) is 24.3 Å². The topological polar surface area (TPSA) is 79.5 Å². The van der Waals surface area contributed by atoms with Gasteiger partial charge in [0.25, 0.3) is 0 Å². The zero-order valence-electron chi connectivity index (χ0n) is 14.7.